The Morgan fingerprint density at radius 3 is 2.23 bits per heavy atom. The summed E-state index contributed by atoms with van der Waals surface area (Å²) in [6.45, 7) is 13.2. The van der Waals surface area contributed by atoms with Crippen molar-refractivity contribution < 1.29 is 4.79 Å². The van der Waals surface area contributed by atoms with Gasteiger partial charge in [-0.15, -0.1) is 12.4 Å². The summed E-state index contributed by atoms with van der Waals surface area (Å²) in [5.41, 5.74) is 3.50. The molecular weight excluding hydrogens is 394 g/mol. The molecule has 5 heteroatoms. The maximum absolute atomic E-state index is 11.3. The number of halogens is 1. The number of para-hydroxylation sites is 1. The molecule has 4 nitrogen and oxygen atoms in total. The highest BCUT2D eigenvalue weighted by Crippen LogP contribution is 2.45. The zero-order valence-corrected chi connectivity index (χ0v) is 20.0. The molecule has 0 spiro atoms. The molecule has 0 aromatic heterocycles. The van der Waals surface area contributed by atoms with Gasteiger partial charge in [-0.2, -0.15) is 0 Å². The summed E-state index contributed by atoms with van der Waals surface area (Å²) in [5.74, 6) is 1.69. The van der Waals surface area contributed by atoms with Crippen LogP contribution in [0.1, 0.15) is 71.3 Å². The number of hydrogen-bond acceptors (Lipinski definition) is 3. The van der Waals surface area contributed by atoms with E-state index in [4.69, 9.17) is 0 Å². The lowest BCUT2D eigenvalue weighted by atomic mass is 9.68. The van der Waals surface area contributed by atoms with Gasteiger partial charge in [0.15, 0.2) is 0 Å². The number of benzene rings is 1. The summed E-state index contributed by atoms with van der Waals surface area (Å²) in [6.07, 6.45) is 6.51. The molecule has 1 aliphatic heterocycles. The van der Waals surface area contributed by atoms with Crippen LogP contribution in [0.3, 0.4) is 0 Å². The third-order valence-electron chi connectivity index (χ3n) is 7.60. The van der Waals surface area contributed by atoms with E-state index >= 15 is 0 Å². The molecule has 1 aromatic carbocycles. The Morgan fingerprint density at radius 2 is 1.63 bits per heavy atom. The molecule has 30 heavy (non-hydrogen) atoms. The van der Waals surface area contributed by atoms with Gasteiger partial charge in [0.1, 0.15) is 0 Å². The summed E-state index contributed by atoms with van der Waals surface area (Å²) in [6, 6.07) is 10.1. The zero-order valence-electron chi connectivity index (χ0n) is 19.2. The van der Waals surface area contributed by atoms with Gasteiger partial charge < -0.3 is 10.2 Å². The quantitative estimate of drug-likeness (QED) is 0.738. The molecule has 168 valence electrons. The van der Waals surface area contributed by atoms with Crippen molar-refractivity contribution in [1.82, 2.24) is 10.2 Å². The lowest BCUT2D eigenvalue weighted by Gasteiger charge is -2.40. The van der Waals surface area contributed by atoms with Gasteiger partial charge in [0.2, 0.25) is 5.91 Å². The predicted molar refractivity (Wildman–Crippen MR) is 128 cm³/mol. The molecule has 0 radical (unpaired) electrons. The van der Waals surface area contributed by atoms with E-state index < -0.39 is 0 Å². The Kier molecular flexibility index (Phi) is 7.40. The second kappa shape index (κ2) is 9.48. The largest absolute Gasteiger partial charge is 0.369 e. The summed E-state index contributed by atoms with van der Waals surface area (Å²) in [5, 5.41) is 3.08. The van der Waals surface area contributed by atoms with Crippen LogP contribution in [-0.4, -0.2) is 49.1 Å². The first-order valence-electron chi connectivity index (χ1n) is 11.7. The van der Waals surface area contributed by atoms with Crippen LogP contribution in [0, 0.1) is 11.3 Å². The number of carbonyl (C=O) groups is 1. The standard InChI is InChI=1S/C25H39N3O.ClH/c1-18(29)26-22-17-24(22)28-15-13-27(14-16-28)23-8-6-5-7-21(23)19-9-11-20(12-10-19)25(2,3)4;/h5-8,19-20,22,24H,9-17H2,1-4H3,(H,26,29);1H. The highest BCUT2D eigenvalue weighted by molar-refractivity contribution is 5.85. The molecule has 3 fully saturated rings. The Balaban J connectivity index is 0.00000256. The summed E-state index contributed by atoms with van der Waals surface area (Å²) in [4.78, 5) is 16.5. The van der Waals surface area contributed by atoms with Crippen LogP contribution in [-0.2, 0) is 4.79 Å². The van der Waals surface area contributed by atoms with Gasteiger partial charge in [0.05, 0.1) is 0 Å². The second-order valence-corrected chi connectivity index (χ2v) is 10.6. The fraction of sp³-hybridized carbons (Fsp3) is 0.720. The number of hydrogen-bond donors (Lipinski definition) is 1. The SMILES string of the molecule is CC(=O)NC1CC1N1CCN(c2ccccc2C2CCC(C(C)(C)C)CC2)CC1.Cl. The summed E-state index contributed by atoms with van der Waals surface area (Å²) < 4.78 is 0. The number of carbonyl (C=O) groups excluding carboxylic acids is 1. The molecule has 2 saturated carbocycles. The van der Waals surface area contributed by atoms with Crippen LogP contribution in [0.5, 0.6) is 0 Å². The average molecular weight is 434 g/mol. The Hall–Kier alpha value is -1.26. The number of nitrogens with one attached hydrogen (secondary N) is 1. The lowest BCUT2D eigenvalue weighted by Crippen LogP contribution is -2.49. The molecular formula is C25H40ClN3O. The fourth-order valence-corrected chi connectivity index (χ4v) is 5.69. The monoisotopic (exact) mass is 433 g/mol. The van der Waals surface area contributed by atoms with Gasteiger partial charge in [0, 0.05) is 50.9 Å². The summed E-state index contributed by atoms with van der Waals surface area (Å²) in [7, 11) is 0. The normalized spacial score (nSPS) is 29.8. The van der Waals surface area contributed by atoms with Crippen molar-refractivity contribution in [2.24, 2.45) is 11.3 Å². The molecule has 1 N–H and O–H groups in total. The van der Waals surface area contributed by atoms with Crippen molar-refractivity contribution in [3.63, 3.8) is 0 Å². The highest BCUT2D eigenvalue weighted by Gasteiger charge is 2.43. The molecule has 0 bridgehead atoms. The maximum atomic E-state index is 11.3. The molecule has 1 aromatic rings. The second-order valence-electron chi connectivity index (χ2n) is 10.6. The number of rotatable bonds is 4. The minimum Gasteiger partial charge on any atom is -0.369 e. The van der Waals surface area contributed by atoms with Crippen LogP contribution < -0.4 is 10.2 Å². The van der Waals surface area contributed by atoms with Gasteiger partial charge in [0.25, 0.3) is 0 Å². The average Bonchev–Trinajstić information content (AvgIpc) is 3.46. The molecule has 4 rings (SSSR count). The lowest BCUT2D eigenvalue weighted by molar-refractivity contribution is -0.119. The number of nitrogens with zero attached hydrogens (tertiary/aromatic N) is 2. The van der Waals surface area contributed by atoms with Gasteiger partial charge >= 0.3 is 0 Å². The topological polar surface area (TPSA) is 35.6 Å². The Labute approximate surface area is 189 Å². The molecule has 2 aliphatic carbocycles. The third-order valence-corrected chi connectivity index (χ3v) is 7.60. The fourth-order valence-electron chi connectivity index (χ4n) is 5.69. The number of anilines is 1. The van der Waals surface area contributed by atoms with E-state index in [-0.39, 0.29) is 18.3 Å². The van der Waals surface area contributed by atoms with E-state index in [1.54, 1.807) is 12.5 Å². The maximum Gasteiger partial charge on any atom is 0.217 e. The highest BCUT2D eigenvalue weighted by atomic mass is 35.5. The summed E-state index contributed by atoms with van der Waals surface area (Å²) >= 11 is 0. The first kappa shape index (κ1) is 23.4. The van der Waals surface area contributed by atoms with Crippen LogP contribution >= 0.6 is 12.4 Å². The number of amides is 1. The zero-order chi connectivity index (χ0) is 20.6. The van der Waals surface area contributed by atoms with E-state index in [2.05, 4.69) is 60.2 Å². The van der Waals surface area contributed by atoms with Crippen molar-refractivity contribution in [3.8, 4) is 0 Å². The van der Waals surface area contributed by atoms with Crippen molar-refractivity contribution in [2.45, 2.75) is 77.8 Å². The van der Waals surface area contributed by atoms with Crippen molar-refractivity contribution in [1.29, 1.82) is 0 Å². The molecule has 2 unspecified atom stereocenters. The van der Waals surface area contributed by atoms with Crippen molar-refractivity contribution >= 4 is 24.0 Å². The van der Waals surface area contributed by atoms with Gasteiger partial charge in [-0.05, 0) is 61.0 Å². The number of piperazine rings is 1. The van der Waals surface area contributed by atoms with Gasteiger partial charge in [-0.1, -0.05) is 39.0 Å². The van der Waals surface area contributed by atoms with E-state index in [0.717, 1.165) is 44.4 Å². The minimum atomic E-state index is 0. The predicted octanol–water partition coefficient (Wildman–Crippen LogP) is 4.83. The first-order chi connectivity index (χ1) is 13.8. The molecule has 1 heterocycles. The molecule has 3 aliphatic rings. The van der Waals surface area contributed by atoms with E-state index in [9.17, 15) is 4.79 Å². The van der Waals surface area contributed by atoms with E-state index in [1.165, 1.54) is 31.4 Å². The minimum absolute atomic E-state index is 0. The first-order valence-corrected chi connectivity index (χ1v) is 11.7. The van der Waals surface area contributed by atoms with Crippen LogP contribution in [0.4, 0.5) is 5.69 Å². The van der Waals surface area contributed by atoms with Crippen LogP contribution in [0.15, 0.2) is 24.3 Å². The van der Waals surface area contributed by atoms with Crippen molar-refractivity contribution in [2.75, 3.05) is 31.1 Å². The molecule has 1 amide bonds. The Morgan fingerprint density at radius 1 is 1.00 bits per heavy atom. The van der Waals surface area contributed by atoms with E-state index in [1.807, 2.05) is 0 Å². The van der Waals surface area contributed by atoms with Gasteiger partial charge in [-0.25, -0.2) is 0 Å². The van der Waals surface area contributed by atoms with Crippen molar-refractivity contribution in [3.05, 3.63) is 29.8 Å². The smallest absolute Gasteiger partial charge is 0.217 e. The molecule has 2 atom stereocenters. The third kappa shape index (κ3) is 5.31. The van der Waals surface area contributed by atoms with E-state index in [0.29, 0.717) is 17.5 Å². The molecule has 1 saturated heterocycles. The Bertz CT molecular complexity index is 715. The van der Waals surface area contributed by atoms with Gasteiger partial charge in [-0.3, -0.25) is 9.69 Å². The van der Waals surface area contributed by atoms with Crippen LogP contribution in [0.25, 0.3) is 0 Å². The van der Waals surface area contributed by atoms with Crippen LogP contribution in [0.2, 0.25) is 0 Å².